The summed E-state index contributed by atoms with van der Waals surface area (Å²) in [4.78, 5) is 24.6. The normalized spacial score (nSPS) is 16.4. The molecule has 0 unspecified atom stereocenters. The number of hydrogen-bond donors (Lipinski definition) is 1. The number of halogens is 1. The lowest BCUT2D eigenvalue weighted by atomic mass is 9.90. The molecule has 0 aromatic carbocycles. The molecule has 3 rings (SSSR count). The van der Waals surface area contributed by atoms with Gasteiger partial charge < -0.3 is 9.88 Å². The first-order valence-electron chi connectivity index (χ1n) is 6.63. The number of rotatable bonds is 2. The molecule has 5 nitrogen and oxygen atoms in total. The Bertz CT molecular complexity index is 632. The first kappa shape index (κ1) is 13.1. The van der Waals surface area contributed by atoms with Crippen LogP contribution in [0.5, 0.6) is 0 Å². The standard InChI is InChI=1S/C14H15ClN4O/c15-12-8-17-14(18-9-12)19-5-2-10(3-6-19)11-1-4-16-13(20)7-11/h1,4,7-10H,2-3,5-6H2,(H,16,20). The summed E-state index contributed by atoms with van der Waals surface area (Å²) in [6, 6.07) is 3.68. The Hall–Kier alpha value is -1.88. The average Bonchev–Trinajstić information content (AvgIpc) is 2.48. The average molecular weight is 291 g/mol. The maximum Gasteiger partial charge on any atom is 0.248 e. The quantitative estimate of drug-likeness (QED) is 0.921. The van der Waals surface area contributed by atoms with Gasteiger partial charge in [-0.05, 0) is 30.4 Å². The summed E-state index contributed by atoms with van der Waals surface area (Å²) >= 11 is 5.79. The molecule has 1 N–H and O–H groups in total. The van der Waals surface area contributed by atoms with Gasteiger partial charge in [-0.1, -0.05) is 11.6 Å². The molecule has 1 fully saturated rings. The lowest BCUT2D eigenvalue weighted by Gasteiger charge is -2.32. The van der Waals surface area contributed by atoms with E-state index in [0.29, 0.717) is 10.9 Å². The Balaban J connectivity index is 1.67. The lowest BCUT2D eigenvalue weighted by molar-refractivity contribution is 0.499. The zero-order chi connectivity index (χ0) is 13.9. The molecule has 2 aromatic heterocycles. The number of aromatic nitrogens is 3. The van der Waals surface area contributed by atoms with Gasteiger partial charge in [-0.3, -0.25) is 4.79 Å². The molecule has 0 amide bonds. The van der Waals surface area contributed by atoms with Crippen molar-refractivity contribution in [2.75, 3.05) is 18.0 Å². The summed E-state index contributed by atoms with van der Waals surface area (Å²) in [6.07, 6.45) is 6.94. The minimum atomic E-state index is -0.0361. The molecule has 0 spiro atoms. The van der Waals surface area contributed by atoms with E-state index in [9.17, 15) is 4.79 Å². The summed E-state index contributed by atoms with van der Waals surface area (Å²) in [5, 5.41) is 0.548. The molecule has 1 aliphatic heterocycles. The number of nitrogens with one attached hydrogen (secondary N) is 1. The van der Waals surface area contributed by atoms with Gasteiger partial charge in [0.1, 0.15) is 0 Å². The Morgan fingerprint density at radius 3 is 2.60 bits per heavy atom. The third kappa shape index (κ3) is 2.82. The molecule has 0 aliphatic carbocycles. The van der Waals surface area contributed by atoms with Gasteiger partial charge >= 0.3 is 0 Å². The predicted molar refractivity (Wildman–Crippen MR) is 78.3 cm³/mol. The van der Waals surface area contributed by atoms with Gasteiger partial charge in [-0.2, -0.15) is 0 Å². The van der Waals surface area contributed by atoms with Gasteiger partial charge in [-0.15, -0.1) is 0 Å². The van der Waals surface area contributed by atoms with E-state index in [1.807, 2.05) is 6.07 Å². The number of aromatic amines is 1. The number of hydrogen-bond acceptors (Lipinski definition) is 4. The van der Waals surface area contributed by atoms with Crippen LogP contribution in [-0.2, 0) is 0 Å². The Labute approximate surface area is 121 Å². The van der Waals surface area contributed by atoms with E-state index in [0.717, 1.165) is 37.4 Å². The van der Waals surface area contributed by atoms with Crippen LogP contribution in [0.15, 0.2) is 35.5 Å². The van der Waals surface area contributed by atoms with Crippen LogP contribution in [0.25, 0.3) is 0 Å². The molecule has 104 valence electrons. The van der Waals surface area contributed by atoms with E-state index in [4.69, 9.17) is 11.6 Å². The number of H-pyrrole nitrogens is 1. The number of anilines is 1. The summed E-state index contributed by atoms with van der Waals surface area (Å²) in [6.45, 7) is 1.78. The van der Waals surface area contributed by atoms with E-state index < -0.39 is 0 Å². The topological polar surface area (TPSA) is 61.9 Å². The SMILES string of the molecule is O=c1cc(C2CCN(c3ncc(Cl)cn3)CC2)cc[nH]1. The minimum Gasteiger partial charge on any atom is -0.341 e. The molecule has 0 bridgehead atoms. The van der Waals surface area contributed by atoms with Crippen LogP contribution >= 0.6 is 11.6 Å². The van der Waals surface area contributed by atoms with Gasteiger partial charge in [0, 0.05) is 25.4 Å². The van der Waals surface area contributed by atoms with Gasteiger partial charge in [0.15, 0.2) is 0 Å². The summed E-state index contributed by atoms with van der Waals surface area (Å²) in [5.41, 5.74) is 1.08. The first-order chi connectivity index (χ1) is 9.72. The van der Waals surface area contributed by atoms with Crippen LogP contribution in [0, 0.1) is 0 Å². The molecule has 1 saturated heterocycles. The van der Waals surface area contributed by atoms with Crippen LogP contribution in [0.3, 0.4) is 0 Å². The Morgan fingerprint density at radius 2 is 1.95 bits per heavy atom. The Morgan fingerprint density at radius 1 is 1.25 bits per heavy atom. The van der Waals surface area contributed by atoms with Crippen molar-refractivity contribution in [3.05, 3.63) is 51.7 Å². The second-order valence-electron chi connectivity index (χ2n) is 4.95. The summed E-state index contributed by atoms with van der Waals surface area (Å²) in [5.74, 6) is 1.15. The molecule has 20 heavy (non-hydrogen) atoms. The zero-order valence-corrected chi connectivity index (χ0v) is 11.7. The molecule has 2 aromatic rings. The monoisotopic (exact) mass is 290 g/mol. The molecule has 0 saturated carbocycles. The predicted octanol–water partition coefficient (Wildman–Crippen LogP) is 2.20. The van der Waals surface area contributed by atoms with Gasteiger partial charge in [0.2, 0.25) is 11.5 Å². The van der Waals surface area contributed by atoms with Crippen molar-refractivity contribution >= 4 is 17.5 Å². The van der Waals surface area contributed by atoms with Crippen molar-refractivity contribution in [3.63, 3.8) is 0 Å². The molecular weight excluding hydrogens is 276 g/mol. The highest BCUT2D eigenvalue weighted by atomic mass is 35.5. The van der Waals surface area contributed by atoms with Crippen molar-refractivity contribution < 1.29 is 0 Å². The fraction of sp³-hybridized carbons (Fsp3) is 0.357. The number of pyridine rings is 1. The van der Waals surface area contributed by atoms with Crippen molar-refractivity contribution in [1.29, 1.82) is 0 Å². The van der Waals surface area contributed by atoms with Crippen LogP contribution < -0.4 is 10.5 Å². The third-order valence-corrected chi connectivity index (χ3v) is 3.85. The van der Waals surface area contributed by atoms with Gasteiger partial charge in [-0.25, -0.2) is 9.97 Å². The second kappa shape index (κ2) is 5.63. The molecule has 6 heteroatoms. The highest BCUT2D eigenvalue weighted by Gasteiger charge is 2.22. The lowest BCUT2D eigenvalue weighted by Crippen LogP contribution is -2.34. The van der Waals surface area contributed by atoms with E-state index in [2.05, 4.69) is 19.9 Å². The third-order valence-electron chi connectivity index (χ3n) is 3.66. The van der Waals surface area contributed by atoms with Crippen LogP contribution in [0.4, 0.5) is 5.95 Å². The Kier molecular flexibility index (Phi) is 3.69. The largest absolute Gasteiger partial charge is 0.341 e. The van der Waals surface area contributed by atoms with Crippen LogP contribution in [0.2, 0.25) is 5.02 Å². The molecule has 0 radical (unpaired) electrons. The highest BCUT2D eigenvalue weighted by molar-refractivity contribution is 6.30. The number of nitrogens with zero attached hydrogens (tertiary/aromatic N) is 3. The van der Waals surface area contributed by atoms with E-state index >= 15 is 0 Å². The van der Waals surface area contributed by atoms with E-state index in [1.165, 1.54) is 0 Å². The van der Waals surface area contributed by atoms with Gasteiger partial charge in [0.05, 0.1) is 17.4 Å². The summed E-state index contributed by atoms with van der Waals surface area (Å²) < 4.78 is 0. The summed E-state index contributed by atoms with van der Waals surface area (Å²) in [7, 11) is 0. The van der Waals surface area contributed by atoms with Gasteiger partial charge in [0.25, 0.3) is 0 Å². The van der Waals surface area contributed by atoms with Crippen LogP contribution in [0.1, 0.15) is 24.3 Å². The maximum atomic E-state index is 11.4. The molecule has 0 atom stereocenters. The van der Waals surface area contributed by atoms with Crippen molar-refractivity contribution in [2.24, 2.45) is 0 Å². The fourth-order valence-electron chi connectivity index (χ4n) is 2.60. The van der Waals surface area contributed by atoms with E-state index in [-0.39, 0.29) is 5.56 Å². The molecule has 3 heterocycles. The molecule has 1 aliphatic rings. The smallest absolute Gasteiger partial charge is 0.248 e. The van der Waals surface area contributed by atoms with Crippen molar-refractivity contribution in [2.45, 2.75) is 18.8 Å². The minimum absolute atomic E-state index is 0.0361. The van der Waals surface area contributed by atoms with Crippen molar-refractivity contribution in [3.8, 4) is 0 Å². The number of piperidine rings is 1. The second-order valence-corrected chi connectivity index (χ2v) is 5.39. The van der Waals surface area contributed by atoms with Crippen LogP contribution in [-0.4, -0.2) is 28.0 Å². The van der Waals surface area contributed by atoms with Crippen molar-refractivity contribution in [1.82, 2.24) is 15.0 Å². The highest BCUT2D eigenvalue weighted by Crippen LogP contribution is 2.28. The fourth-order valence-corrected chi connectivity index (χ4v) is 2.69. The maximum absolute atomic E-state index is 11.4. The zero-order valence-electron chi connectivity index (χ0n) is 10.9. The first-order valence-corrected chi connectivity index (χ1v) is 7.01. The molecular formula is C14H15ClN4O. The van der Waals surface area contributed by atoms with E-state index in [1.54, 1.807) is 24.7 Å².